The monoisotopic (exact) mass is 260 g/mol. The lowest BCUT2D eigenvalue weighted by molar-refractivity contribution is 0.0757. The van der Waals surface area contributed by atoms with Gasteiger partial charge in [0.25, 0.3) is 5.91 Å². The number of amides is 1. The summed E-state index contributed by atoms with van der Waals surface area (Å²) < 4.78 is 0. The summed E-state index contributed by atoms with van der Waals surface area (Å²) in [6.45, 7) is 8.19. The molecule has 0 aromatic heterocycles. The number of benzene rings is 1. The summed E-state index contributed by atoms with van der Waals surface area (Å²) in [5, 5.41) is 0. The van der Waals surface area contributed by atoms with Gasteiger partial charge in [0.1, 0.15) is 0 Å². The van der Waals surface area contributed by atoms with Gasteiger partial charge in [-0.3, -0.25) is 4.79 Å². The predicted octanol–water partition coefficient (Wildman–Crippen LogP) is 3.23. The van der Waals surface area contributed by atoms with Gasteiger partial charge in [-0.25, -0.2) is 0 Å². The van der Waals surface area contributed by atoms with Crippen LogP contribution >= 0.6 is 0 Å². The maximum atomic E-state index is 12.6. The fourth-order valence-corrected chi connectivity index (χ4v) is 2.68. The fraction of sp³-hybridized carbons (Fsp3) is 0.562. The molecule has 1 fully saturated rings. The highest BCUT2D eigenvalue weighted by atomic mass is 16.2. The fourth-order valence-electron chi connectivity index (χ4n) is 2.68. The number of rotatable bonds is 1. The summed E-state index contributed by atoms with van der Waals surface area (Å²) >= 11 is 0. The first-order valence-electron chi connectivity index (χ1n) is 7.05. The van der Waals surface area contributed by atoms with E-state index in [0.717, 1.165) is 37.1 Å². The van der Waals surface area contributed by atoms with E-state index >= 15 is 0 Å². The predicted molar refractivity (Wildman–Crippen MR) is 79.1 cm³/mol. The molecule has 1 aromatic carbocycles. The zero-order valence-electron chi connectivity index (χ0n) is 12.2. The molecule has 0 spiro atoms. The average molecular weight is 260 g/mol. The van der Waals surface area contributed by atoms with Gasteiger partial charge < -0.3 is 10.6 Å². The smallest absolute Gasteiger partial charge is 0.254 e. The average Bonchev–Trinajstić information content (AvgIpc) is 2.53. The SMILES string of the molecule is Cc1c(N)cccc1C(=O)N1CCCC(C)(C)CC1. The van der Waals surface area contributed by atoms with Gasteiger partial charge >= 0.3 is 0 Å². The van der Waals surface area contributed by atoms with Crippen molar-refractivity contribution < 1.29 is 4.79 Å². The molecule has 0 aliphatic carbocycles. The first kappa shape index (κ1) is 13.9. The first-order valence-corrected chi connectivity index (χ1v) is 7.05. The summed E-state index contributed by atoms with van der Waals surface area (Å²) in [5.74, 6) is 0.127. The van der Waals surface area contributed by atoms with Gasteiger partial charge in [-0.15, -0.1) is 0 Å². The number of carbonyl (C=O) groups is 1. The number of anilines is 1. The van der Waals surface area contributed by atoms with Gasteiger partial charge in [0, 0.05) is 24.3 Å². The highest BCUT2D eigenvalue weighted by Gasteiger charge is 2.26. The van der Waals surface area contributed by atoms with Crippen LogP contribution in [0.1, 0.15) is 49.0 Å². The summed E-state index contributed by atoms with van der Waals surface area (Å²) in [4.78, 5) is 14.6. The van der Waals surface area contributed by atoms with Gasteiger partial charge in [0.15, 0.2) is 0 Å². The summed E-state index contributed by atoms with van der Waals surface area (Å²) in [6.07, 6.45) is 3.34. The van der Waals surface area contributed by atoms with Crippen LogP contribution < -0.4 is 5.73 Å². The molecule has 104 valence electrons. The van der Waals surface area contributed by atoms with E-state index < -0.39 is 0 Å². The van der Waals surface area contributed by atoms with Crippen LogP contribution in [0.25, 0.3) is 0 Å². The molecule has 3 heteroatoms. The van der Waals surface area contributed by atoms with Crippen LogP contribution in [0.5, 0.6) is 0 Å². The first-order chi connectivity index (χ1) is 8.91. The van der Waals surface area contributed by atoms with Crippen molar-refractivity contribution in [3.8, 4) is 0 Å². The molecule has 0 atom stereocenters. The molecular weight excluding hydrogens is 236 g/mol. The Balaban J connectivity index is 2.18. The van der Waals surface area contributed by atoms with Crippen LogP contribution in [0.2, 0.25) is 0 Å². The Kier molecular flexibility index (Phi) is 3.83. The molecule has 3 nitrogen and oxygen atoms in total. The van der Waals surface area contributed by atoms with E-state index in [1.54, 1.807) is 0 Å². The van der Waals surface area contributed by atoms with E-state index in [1.165, 1.54) is 6.42 Å². The second-order valence-corrected chi connectivity index (χ2v) is 6.33. The van der Waals surface area contributed by atoms with E-state index in [9.17, 15) is 4.79 Å². The molecule has 0 saturated carbocycles. The van der Waals surface area contributed by atoms with Crippen molar-refractivity contribution >= 4 is 11.6 Å². The molecule has 0 unspecified atom stereocenters. The minimum atomic E-state index is 0.127. The maximum absolute atomic E-state index is 12.6. The van der Waals surface area contributed by atoms with Gasteiger partial charge in [-0.05, 0) is 49.3 Å². The quantitative estimate of drug-likeness (QED) is 0.788. The Morgan fingerprint density at radius 1 is 1.26 bits per heavy atom. The Hall–Kier alpha value is -1.51. The van der Waals surface area contributed by atoms with E-state index in [-0.39, 0.29) is 5.91 Å². The number of nitrogens with two attached hydrogens (primary N) is 1. The van der Waals surface area contributed by atoms with Gasteiger partial charge in [0.05, 0.1) is 0 Å². The third-order valence-electron chi connectivity index (χ3n) is 4.23. The van der Waals surface area contributed by atoms with Gasteiger partial charge in [-0.1, -0.05) is 19.9 Å². The van der Waals surface area contributed by atoms with Crippen molar-refractivity contribution in [1.29, 1.82) is 0 Å². The van der Waals surface area contributed by atoms with Crippen LogP contribution in [0.4, 0.5) is 5.69 Å². The Bertz CT molecular complexity index is 480. The maximum Gasteiger partial charge on any atom is 0.254 e. The van der Waals surface area contributed by atoms with E-state index in [2.05, 4.69) is 13.8 Å². The Labute approximate surface area is 115 Å². The molecule has 1 heterocycles. The standard InChI is InChI=1S/C16H24N2O/c1-12-13(6-4-7-14(12)17)15(19)18-10-5-8-16(2,3)9-11-18/h4,6-7H,5,8-11,17H2,1-3H3. The van der Waals surface area contributed by atoms with Crippen molar-refractivity contribution in [2.24, 2.45) is 5.41 Å². The summed E-state index contributed by atoms with van der Waals surface area (Å²) in [6, 6.07) is 5.58. The third-order valence-corrected chi connectivity index (χ3v) is 4.23. The molecule has 1 aromatic rings. The molecule has 1 amide bonds. The van der Waals surface area contributed by atoms with Crippen LogP contribution in [-0.4, -0.2) is 23.9 Å². The number of likely N-dealkylation sites (tertiary alicyclic amines) is 1. The molecule has 19 heavy (non-hydrogen) atoms. The number of nitrogen functional groups attached to an aromatic ring is 1. The van der Waals surface area contributed by atoms with E-state index in [4.69, 9.17) is 5.73 Å². The highest BCUT2D eigenvalue weighted by molar-refractivity contribution is 5.96. The third kappa shape index (κ3) is 3.09. The van der Waals surface area contributed by atoms with Crippen molar-refractivity contribution in [3.63, 3.8) is 0 Å². The zero-order chi connectivity index (χ0) is 14.0. The number of hydrogen-bond donors (Lipinski definition) is 1. The Morgan fingerprint density at radius 2 is 2.00 bits per heavy atom. The lowest BCUT2D eigenvalue weighted by Gasteiger charge is -2.24. The lowest BCUT2D eigenvalue weighted by Crippen LogP contribution is -2.33. The number of carbonyl (C=O) groups excluding carboxylic acids is 1. The molecule has 1 aliphatic heterocycles. The topological polar surface area (TPSA) is 46.3 Å². The molecule has 1 saturated heterocycles. The van der Waals surface area contributed by atoms with Crippen LogP contribution in [-0.2, 0) is 0 Å². The molecule has 1 aliphatic rings. The van der Waals surface area contributed by atoms with Crippen molar-refractivity contribution in [2.75, 3.05) is 18.8 Å². The Morgan fingerprint density at radius 3 is 2.74 bits per heavy atom. The molecule has 0 radical (unpaired) electrons. The van der Waals surface area contributed by atoms with Crippen LogP contribution in [0.3, 0.4) is 0 Å². The minimum absolute atomic E-state index is 0.127. The number of nitrogens with zero attached hydrogens (tertiary/aromatic N) is 1. The zero-order valence-corrected chi connectivity index (χ0v) is 12.2. The van der Waals surface area contributed by atoms with Crippen LogP contribution in [0.15, 0.2) is 18.2 Å². The second-order valence-electron chi connectivity index (χ2n) is 6.33. The summed E-state index contributed by atoms with van der Waals surface area (Å²) in [5.41, 5.74) is 8.58. The summed E-state index contributed by atoms with van der Waals surface area (Å²) in [7, 11) is 0. The van der Waals surface area contributed by atoms with Crippen molar-refractivity contribution in [1.82, 2.24) is 4.90 Å². The molecule has 2 rings (SSSR count). The largest absolute Gasteiger partial charge is 0.398 e. The van der Waals surface area contributed by atoms with Gasteiger partial charge in [0.2, 0.25) is 0 Å². The van der Waals surface area contributed by atoms with Crippen molar-refractivity contribution in [2.45, 2.75) is 40.0 Å². The number of hydrogen-bond acceptors (Lipinski definition) is 2. The minimum Gasteiger partial charge on any atom is -0.398 e. The van der Waals surface area contributed by atoms with E-state index in [1.807, 2.05) is 30.0 Å². The lowest BCUT2D eigenvalue weighted by atomic mass is 9.85. The molecular formula is C16H24N2O. The van der Waals surface area contributed by atoms with Crippen molar-refractivity contribution in [3.05, 3.63) is 29.3 Å². The molecule has 0 bridgehead atoms. The highest BCUT2D eigenvalue weighted by Crippen LogP contribution is 2.30. The normalized spacial score (nSPS) is 19.0. The molecule has 2 N–H and O–H groups in total. The van der Waals surface area contributed by atoms with E-state index in [0.29, 0.717) is 11.1 Å². The van der Waals surface area contributed by atoms with Crippen LogP contribution in [0, 0.1) is 12.3 Å². The second kappa shape index (κ2) is 5.24. The van der Waals surface area contributed by atoms with Gasteiger partial charge in [-0.2, -0.15) is 0 Å².